The van der Waals surface area contributed by atoms with E-state index < -0.39 is 0 Å². The molecule has 4 aromatic rings. The lowest BCUT2D eigenvalue weighted by molar-refractivity contribution is -0.120. The lowest BCUT2D eigenvalue weighted by Crippen LogP contribution is -2.38. The summed E-state index contributed by atoms with van der Waals surface area (Å²) in [6, 6.07) is 18.5. The predicted molar refractivity (Wildman–Crippen MR) is 193 cm³/mol. The number of nitrogens with zero attached hydrogens (tertiary/aromatic N) is 2. The van der Waals surface area contributed by atoms with Gasteiger partial charge >= 0.3 is 0 Å². The zero-order chi connectivity index (χ0) is 33.9. The van der Waals surface area contributed by atoms with Crippen LogP contribution in [0.1, 0.15) is 61.4 Å². The zero-order valence-corrected chi connectivity index (χ0v) is 29.0. The molecule has 49 heavy (non-hydrogen) atoms. The van der Waals surface area contributed by atoms with Crippen molar-refractivity contribution in [1.29, 1.82) is 0 Å². The van der Waals surface area contributed by atoms with Crippen LogP contribution >= 0.6 is 23.2 Å². The van der Waals surface area contributed by atoms with Crippen molar-refractivity contribution in [2.45, 2.75) is 69.6 Å². The molecule has 7 rings (SSSR count). The number of carbonyl (C=O) groups excluding carboxylic acids is 2. The van der Waals surface area contributed by atoms with E-state index in [2.05, 4.69) is 27.3 Å². The molecule has 0 bridgehead atoms. The molecule has 11 heteroatoms. The Morgan fingerprint density at radius 2 is 1.51 bits per heavy atom. The second-order valence-corrected chi connectivity index (χ2v) is 13.8. The van der Waals surface area contributed by atoms with Gasteiger partial charge in [-0.15, -0.1) is 0 Å². The molecular weight excluding hydrogens is 659 g/mol. The fourth-order valence-corrected chi connectivity index (χ4v) is 7.83. The number of halogens is 2. The molecule has 2 fully saturated rings. The number of hydrogen-bond acceptors (Lipinski definition) is 7. The third-order valence-electron chi connectivity index (χ3n) is 9.76. The summed E-state index contributed by atoms with van der Waals surface area (Å²) in [6.07, 6.45) is 7.86. The molecule has 254 valence electrons. The summed E-state index contributed by atoms with van der Waals surface area (Å²) in [4.78, 5) is 32.9. The fourth-order valence-electron chi connectivity index (χ4n) is 7.17. The normalized spacial score (nSPS) is 20.2. The molecule has 3 aliphatic rings. The molecule has 3 unspecified atom stereocenters. The van der Waals surface area contributed by atoms with Crippen LogP contribution in [0.25, 0.3) is 33.5 Å². The molecule has 2 aromatic heterocycles. The Hall–Kier alpha value is -4.02. The maximum absolute atomic E-state index is 11.6. The highest BCUT2D eigenvalue weighted by molar-refractivity contribution is 6.39. The highest BCUT2D eigenvalue weighted by Crippen LogP contribution is 2.43. The molecule has 4 heterocycles. The van der Waals surface area contributed by atoms with Crippen molar-refractivity contribution in [3.8, 4) is 39.4 Å². The van der Waals surface area contributed by atoms with Crippen LogP contribution in [0, 0.1) is 0 Å². The maximum atomic E-state index is 11.6. The van der Waals surface area contributed by atoms with Crippen LogP contribution < -0.4 is 26.0 Å². The summed E-state index contributed by atoms with van der Waals surface area (Å²) >= 11 is 14.3. The summed E-state index contributed by atoms with van der Waals surface area (Å²) in [5, 5.41) is 14.2. The van der Waals surface area contributed by atoms with E-state index in [0.717, 1.165) is 77.7 Å². The number of nitrogens with one attached hydrogen (secondary N) is 4. The van der Waals surface area contributed by atoms with E-state index in [9.17, 15) is 9.59 Å². The van der Waals surface area contributed by atoms with Gasteiger partial charge in [-0.1, -0.05) is 65.7 Å². The van der Waals surface area contributed by atoms with Gasteiger partial charge < -0.3 is 26.0 Å². The SMILES string of the molecule is COc1nc(-c2cccc(-c3cccc(-c4cnc5c(c4)CCCC5NCC4CCC(=O)N4)c3Cl)c2Cl)ccc1CNCC1CCC(=O)N1. The summed E-state index contributed by atoms with van der Waals surface area (Å²) in [7, 11) is 1.61. The van der Waals surface area contributed by atoms with Crippen LogP contribution in [0.15, 0.2) is 60.8 Å². The van der Waals surface area contributed by atoms with Crippen LogP contribution in [-0.2, 0) is 22.6 Å². The zero-order valence-electron chi connectivity index (χ0n) is 27.5. The van der Waals surface area contributed by atoms with Crippen molar-refractivity contribution in [2.75, 3.05) is 20.2 Å². The van der Waals surface area contributed by atoms with E-state index in [1.807, 2.05) is 54.7 Å². The van der Waals surface area contributed by atoms with Crippen LogP contribution in [0.4, 0.5) is 0 Å². The lowest BCUT2D eigenvalue weighted by atomic mass is 9.89. The quantitative estimate of drug-likeness (QED) is 0.143. The number of rotatable bonds is 11. The Bertz CT molecular complexity index is 1880. The molecule has 0 radical (unpaired) electrons. The summed E-state index contributed by atoms with van der Waals surface area (Å²) in [5.74, 6) is 0.757. The molecule has 2 aromatic carbocycles. The number of benzene rings is 2. The van der Waals surface area contributed by atoms with E-state index in [-0.39, 0.29) is 29.9 Å². The number of amides is 2. The van der Waals surface area contributed by atoms with Crippen molar-refractivity contribution in [3.63, 3.8) is 0 Å². The molecule has 0 spiro atoms. The first-order valence-electron chi connectivity index (χ1n) is 17.0. The Kier molecular flexibility index (Phi) is 10.1. The van der Waals surface area contributed by atoms with Crippen molar-refractivity contribution in [3.05, 3.63) is 87.7 Å². The Morgan fingerprint density at radius 3 is 2.20 bits per heavy atom. The van der Waals surface area contributed by atoms with Gasteiger partial charge in [0.1, 0.15) is 0 Å². The number of hydrogen-bond donors (Lipinski definition) is 4. The van der Waals surface area contributed by atoms with E-state index in [0.29, 0.717) is 47.6 Å². The Balaban J connectivity index is 1.10. The monoisotopic (exact) mass is 698 g/mol. The van der Waals surface area contributed by atoms with Crippen molar-refractivity contribution >= 4 is 35.0 Å². The largest absolute Gasteiger partial charge is 0.481 e. The molecule has 2 saturated heterocycles. The number of ether oxygens (including phenoxy) is 1. The van der Waals surface area contributed by atoms with Gasteiger partial charge in [-0.2, -0.15) is 0 Å². The minimum absolute atomic E-state index is 0.105. The molecular formula is C38H40Cl2N6O3. The summed E-state index contributed by atoms with van der Waals surface area (Å²) in [6.45, 7) is 2.00. The predicted octanol–water partition coefficient (Wildman–Crippen LogP) is 6.41. The average molecular weight is 700 g/mol. The molecule has 2 aliphatic heterocycles. The third-order valence-corrected chi connectivity index (χ3v) is 10.6. The molecule has 4 N–H and O–H groups in total. The minimum atomic E-state index is 0.105. The van der Waals surface area contributed by atoms with Crippen molar-refractivity contribution in [1.82, 2.24) is 31.2 Å². The number of pyridine rings is 2. The lowest BCUT2D eigenvalue weighted by Gasteiger charge is -2.27. The number of methoxy groups -OCH3 is 1. The third kappa shape index (κ3) is 7.31. The standard InChI is InChI=1S/C38H40Cl2N6O3/c1-49-38-23(18-41-20-25-12-15-33(47)44-25)11-14-31(46-38)30-9-4-8-29(36(30)40)28-7-3-6-27(35(28)39)24-17-22-5-2-10-32(37(22)43-19-24)42-21-26-13-16-34(48)45-26/h3-4,6-9,11,14,17,19,25-26,32,41-42H,2,5,10,12-13,15-16,18,20-21H2,1H3,(H,44,47)(H,45,48). The van der Waals surface area contributed by atoms with Crippen molar-refractivity contribution in [2.24, 2.45) is 0 Å². The van der Waals surface area contributed by atoms with Gasteiger partial charge in [-0.05, 0) is 49.8 Å². The van der Waals surface area contributed by atoms with Crippen LogP contribution in [0.5, 0.6) is 5.88 Å². The Morgan fingerprint density at radius 1 is 0.837 bits per heavy atom. The maximum Gasteiger partial charge on any atom is 0.220 e. The second kappa shape index (κ2) is 14.8. The van der Waals surface area contributed by atoms with Crippen molar-refractivity contribution < 1.29 is 14.3 Å². The van der Waals surface area contributed by atoms with Gasteiger partial charge in [0.05, 0.1) is 28.5 Å². The highest BCUT2D eigenvalue weighted by atomic mass is 35.5. The number of fused-ring (bicyclic) bond motifs is 1. The van der Waals surface area contributed by atoms with E-state index in [1.165, 1.54) is 5.56 Å². The van der Waals surface area contributed by atoms with Gasteiger partial charge in [-0.25, -0.2) is 4.98 Å². The number of carbonyl (C=O) groups is 2. The second-order valence-electron chi connectivity index (χ2n) is 13.1. The fraction of sp³-hybridized carbons (Fsp3) is 0.368. The topological polar surface area (TPSA) is 117 Å². The first kappa shape index (κ1) is 33.5. The van der Waals surface area contributed by atoms with Crippen LogP contribution in [0.2, 0.25) is 10.0 Å². The van der Waals surface area contributed by atoms with Gasteiger partial charge in [0.25, 0.3) is 0 Å². The Labute approximate surface area is 296 Å². The van der Waals surface area contributed by atoms with Gasteiger partial charge in [0.2, 0.25) is 17.7 Å². The molecule has 2 amide bonds. The minimum Gasteiger partial charge on any atom is -0.481 e. The molecule has 9 nitrogen and oxygen atoms in total. The van der Waals surface area contributed by atoms with E-state index in [1.54, 1.807) is 7.11 Å². The first-order valence-corrected chi connectivity index (χ1v) is 17.8. The molecule has 3 atom stereocenters. The highest BCUT2D eigenvalue weighted by Gasteiger charge is 2.26. The smallest absolute Gasteiger partial charge is 0.220 e. The van der Waals surface area contributed by atoms with E-state index >= 15 is 0 Å². The average Bonchev–Trinajstić information content (AvgIpc) is 3.74. The molecule has 1 aliphatic carbocycles. The number of aromatic nitrogens is 2. The van der Waals surface area contributed by atoms with E-state index in [4.69, 9.17) is 37.9 Å². The van der Waals surface area contributed by atoms with Gasteiger partial charge in [-0.3, -0.25) is 14.6 Å². The summed E-state index contributed by atoms with van der Waals surface area (Å²) in [5.41, 5.74) is 8.19. The van der Waals surface area contributed by atoms with Crippen LogP contribution in [-0.4, -0.2) is 54.1 Å². The number of aryl methyl sites for hydroxylation is 1. The van der Waals surface area contributed by atoms with Gasteiger partial charge in [0, 0.05) is 90.2 Å². The van der Waals surface area contributed by atoms with Crippen LogP contribution in [0.3, 0.4) is 0 Å². The first-order chi connectivity index (χ1) is 23.9. The summed E-state index contributed by atoms with van der Waals surface area (Å²) < 4.78 is 5.66. The van der Waals surface area contributed by atoms with Gasteiger partial charge in [0.15, 0.2) is 0 Å². The molecule has 0 saturated carbocycles.